The van der Waals surface area contributed by atoms with Crippen molar-refractivity contribution in [2.24, 2.45) is 7.05 Å². The minimum Gasteiger partial charge on any atom is -0.389 e. The molecule has 1 atom stereocenters. The number of rotatable bonds is 4. The molecule has 0 aliphatic carbocycles. The molecule has 3 N–H and O–H groups in total. The number of carbonyl (C=O) groups excluding carboxylic acids is 1. The number of hydrogen-bond donors (Lipinski definition) is 2. The number of thiazole rings is 1. The van der Waals surface area contributed by atoms with E-state index >= 15 is 0 Å². The molecule has 0 bridgehead atoms. The zero-order valence-electron chi connectivity index (χ0n) is 16.6. The molecule has 12 heteroatoms. The first-order valence-electron chi connectivity index (χ1n) is 9.63. The molecule has 31 heavy (non-hydrogen) atoms. The highest BCUT2D eigenvalue weighted by molar-refractivity contribution is 7.19. The van der Waals surface area contributed by atoms with Crippen molar-refractivity contribution in [3.05, 3.63) is 35.9 Å². The fourth-order valence-electron chi connectivity index (χ4n) is 3.56. The number of hydrogen-bond acceptors (Lipinski definition) is 7. The number of nitrogens with two attached hydrogens (primary N) is 1. The molecular formula is C19H20F3N7OS. The van der Waals surface area contributed by atoms with Gasteiger partial charge in [0.2, 0.25) is 0 Å². The Kier molecular flexibility index (Phi) is 5.81. The van der Waals surface area contributed by atoms with Gasteiger partial charge in [-0.2, -0.15) is 5.10 Å². The van der Waals surface area contributed by atoms with E-state index in [9.17, 15) is 18.0 Å². The molecule has 3 aromatic heterocycles. The molecule has 1 aliphatic rings. The summed E-state index contributed by atoms with van der Waals surface area (Å²) in [6, 6.07) is 0. The van der Waals surface area contributed by atoms with Gasteiger partial charge in [-0.15, -0.1) is 0 Å². The summed E-state index contributed by atoms with van der Waals surface area (Å²) in [7, 11) is 1.73. The van der Waals surface area contributed by atoms with Crippen LogP contribution in [0.25, 0.3) is 10.6 Å². The van der Waals surface area contributed by atoms with Crippen molar-refractivity contribution in [2.75, 3.05) is 29.0 Å². The molecule has 1 saturated heterocycles. The van der Waals surface area contributed by atoms with Crippen LogP contribution in [-0.4, -0.2) is 44.9 Å². The molecule has 4 rings (SSSR count). The van der Waals surface area contributed by atoms with E-state index in [2.05, 4.69) is 20.4 Å². The van der Waals surface area contributed by atoms with Crippen molar-refractivity contribution in [1.82, 2.24) is 19.7 Å². The number of halogens is 3. The molecule has 1 fully saturated rings. The standard InChI is InChI=1S/C19H20F3N7OS/c1-28-19(29-5-2-3-10(20)4-6-29)13(9-25-28)26-17(30)15-16(23)31-18(27-15)14-11(21)7-24-8-12(14)22/h7-10H,2-6,23H2,1H3,(H,26,30). The Morgan fingerprint density at radius 3 is 2.71 bits per heavy atom. The first-order chi connectivity index (χ1) is 14.8. The maximum absolute atomic E-state index is 14.0. The van der Waals surface area contributed by atoms with E-state index in [0.717, 1.165) is 23.7 Å². The summed E-state index contributed by atoms with van der Waals surface area (Å²) in [6.07, 6.45) is 3.93. The quantitative estimate of drug-likeness (QED) is 0.631. The number of aryl methyl sites for hydroxylation is 1. The van der Waals surface area contributed by atoms with Gasteiger partial charge < -0.3 is 16.0 Å². The molecule has 1 aliphatic heterocycles. The lowest BCUT2D eigenvalue weighted by Gasteiger charge is -2.23. The Hall–Kier alpha value is -3.15. The van der Waals surface area contributed by atoms with Crippen molar-refractivity contribution in [3.8, 4) is 10.6 Å². The number of alkyl halides is 1. The van der Waals surface area contributed by atoms with Crippen LogP contribution in [0.1, 0.15) is 29.8 Å². The van der Waals surface area contributed by atoms with Gasteiger partial charge in [-0.05, 0) is 19.3 Å². The smallest absolute Gasteiger partial charge is 0.277 e. The Morgan fingerprint density at radius 1 is 1.23 bits per heavy atom. The fourth-order valence-corrected chi connectivity index (χ4v) is 4.44. The van der Waals surface area contributed by atoms with E-state index in [4.69, 9.17) is 5.73 Å². The van der Waals surface area contributed by atoms with Crippen molar-refractivity contribution >= 4 is 33.8 Å². The normalized spacial score (nSPS) is 16.9. The first kappa shape index (κ1) is 21.1. The Morgan fingerprint density at radius 2 is 1.97 bits per heavy atom. The molecular weight excluding hydrogens is 431 g/mol. The van der Waals surface area contributed by atoms with Crippen LogP contribution in [0.3, 0.4) is 0 Å². The summed E-state index contributed by atoms with van der Waals surface area (Å²) >= 11 is 0.800. The lowest BCUT2D eigenvalue weighted by molar-refractivity contribution is 0.102. The highest BCUT2D eigenvalue weighted by Crippen LogP contribution is 2.34. The van der Waals surface area contributed by atoms with Gasteiger partial charge in [0.15, 0.2) is 23.1 Å². The predicted octanol–water partition coefficient (Wildman–Crippen LogP) is 3.38. The second-order valence-corrected chi connectivity index (χ2v) is 8.22. The van der Waals surface area contributed by atoms with Crippen LogP contribution in [0.5, 0.6) is 0 Å². The number of anilines is 3. The Balaban J connectivity index is 1.60. The predicted molar refractivity (Wildman–Crippen MR) is 112 cm³/mol. The molecule has 164 valence electrons. The van der Waals surface area contributed by atoms with Crippen LogP contribution < -0.4 is 16.0 Å². The van der Waals surface area contributed by atoms with E-state index in [1.807, 2.05) is 4.90 Å². The molecule has 8 nitrogen and oxygen atoms in total. The van der Waals surface area contributed by atoms with E-state index in [1.165, 1.54) is 6.20 Å². The van der Waals surface area contributed by atoms with Crippen LogP contribution in [0.2, 0.25) is 0 Å². The minimum absolute atomic E-state index is 0.0172. The summed E-state index contributed by atoms with van der Waals surface area (Å²) in [6.45, 7) is 1.12. The number of nitrogens with one attached hydrogen (secondary N) is 1. The second kappa shape index (κ2) is 8.53. The summed E-state index contributed by atoms with van der Waals surface area (Å²) in [4.78, 5) is 22.3. The van der Waals surface area contributed by atoms with E-state index in [-0.39, 0.29) is 15.7 Å². The maximum Gasteiger partial charge on any atom is 0.277 e. The average molecular weight is 451 g/mol. The highest BCUT2D eigenvalue weighted by Gasteiger charge is 2.25. The average Bonchev–Trinajstić information content (AvgIpc) is 3.19. The van der Waals surface area contributed by atoms with E-state index < -0.39 is 29.3 Å². The maximum atomic E-state index is 14.0. The number of pyridine rings is 1. The lowest BCUT2D eigenvalue weighted by Crippen LogP contribution is -2.28. The third-order valence-corrected chi connectivity index (χ3v) is 5.95. The van der Waals surface area contributed by atoms with Gasteiger partial charge >= 0.3 is 0 Å². The molecule has 0 spiro atoms. The van der Waals surface area contributed by atoms with Gasteiger partial charge in [-0.25, -0.2) is 18.2 Å². The number of aromatic nitrogens is 4. The SMILES string of the molecule is Cn1ncc(NC(=O)c2nc(-c3c(F)cncc3F)sc2N)c1N1CCCC(F)CC1. The van der Waals surface area contributed by atoms with Gasteiger partial charge in [-0.1, -0.05) is 11.3 Å². The van der Waals surface area contributed by atoms with Gasteiger partial charge in [0, 0.05) is 20.1 Å². The zero-order valence-corrected chi connectivity index (χ0v) is 17.4. The van der Waals surface area contributed by atoms with Crippen molar-refractivity contribution in [3.63, 3.8) is 0 Å². The van der Waals surface area contributed by atoms with Gasteiger partial charge in [0.05, 0.1) is 24.2 Å². The number of nitrogen functional groups attached to an aromatic ring is 1. The van der Waals surface area contributed by atoms with Crippen LogP contribution in [0.15, 0.2) is 18.6 Å². The summed E-state index contributed by atoms with van der Waals surface area (Å²) in [5, 5.41) is 6.87. The van der Waals surface area contributed by atoms with Gasteiger partial charge in [-0.3, -0.25) is 14.5 Å². The molecule has 1 amide bonds. The van der Waals surface area contributed by atoms with E-state index in [0.29, 0.717) is 43.9 Å². The molecule has 0 aromatic carbocycles. The minimum atomic E-state index is -0.900. The van der Waals surface area contributed by atoms with Crippen LogP contribution in [-0.2, 0) is 7.05 Å². The van der Waals surface area contributed by atoms with Gasteiger partial charge in [0.1, 0.15) is 21.9 Å². The highest BCUT2D eigenvalue weighted by atomic mass is 32.1. The van der Waals surface area contributed by atoms with Crippen LogP contribution in [0.4, 0.5) is 29.7 Å². The zero-order chi connectivity index (χ0) is 22.1. The molecule has 0 radical (unpaired) electrons. The van der Waals surface area contributed by atoms with Crippen molar-refractivity contribution in [1.29, 1.82) is 0 Å². The van der Waals surface area contributed by atoms with Gasteiger partial charge in [0.25, 0.3) is 5.91 Å². The third kappa shape index (κ3) is 4.20. The summed E-state index contributed by atoms with van der Waals surface area (Å²) in [5.74, 6) is -1.80. The number of carbonyl (C=O) groups is 1. The molecule has 1 unspecified atom stereocenters. The molecule has 0 saturated carbocycles. The number of amides is 1. The second-order valence-electron chi connectivity index (χ2n) is 7.18. The molecule has 3 aromatic rings. The van der Waals surface area contributed by atoms with Crippen molar-refractivity contribution < 1.29 is 18.0 Å². The third-order valence-electron chi connectivity index (χ3n) is 5.05. The first-order valence-corrected chi connectivity index (χ1v) is 10.4. The Labute approximate surface area is 179 Å². The van der Waals surface area contributed by atoms with Crippen LogP contribution >= 0.6 is 11.3 Å². The number of nitrogens with zero attached hydrogens (tertiary/aromatic N) is 5. The summed E-state index contributed by atoms with van der Waals surface area (Å²) < 4.78 is 43.4. The Bertz CT molecular complexity index is 1100. The molecule has 4 heterocycles. The monoisotopic (exact) mass is 451 g/mol. The van der Waals surface area contributed by atoms with E-state index in [1.54, 1.807) is 11.7 Å². The van der Waals surface area contributed by atoms with Crippen molar-refractivity contribution in [2.45, 2.75) is 25.4 Å². The lowest BCUT2D eigenvalue weighted by atomic mass is 10.2. The summed E-state index contributed by atoms with van der Waals surface area (Å²) in [5.41, 5.74) is 5.80. The topological polar surface area (TPSA) is 102 Å². The van der Waals surface area contributed by atoms with Crippen LogP contribution in [0, 0.1) is 11.6 Å². The fraction of sp³-hybridized carbons (Fsp3) is 0.368. The largest absolute Gasteiger partial charge is 0.389 e.